The summed E-state index contributed by atoms with van der Waals surface area (Å²) in [5, 5.41) is 0. The molecule has 0 radical (unpaired) electrons. The lowest BCUT2D eigenvalue weighted by atomic mass is 10.0. The monoisotopic (exact) mass is 250 g/mol. The van der Waals surface area contributed by atoms with Crippen LogP contribution in [0, 0.1) is 0 Å². The van der Waals surface area contributed by atoms with Crippen molar-refractivity contribution in [2.24, 2.45) is 0 Å². The highest BCUT2D eigenvalue weighted by atomic mass is 19.3. The lowest BCUT2D eigenvalue weighted by Gasteiger charge is -2.10. The molecule has 1 rings (SSSR count). The van der Waals surface area contributed by atoms with Crippen molar-refractivity contribution in [3.63, 3.8) is 0 Å². The van der Waals surface area contributed by atoms with Gasteiger partial charge in [-0.25, -0.2) is 8.78 Å². The Labute approximate surface area is 93.0 Å². The normalized spacial score (nSPS) is 10.7. The van der Waals surface area contributed by atoms with E-state index in [0.717, 1.165) is 6.07 Å². The Morgan fingerprint density at radius 3 is 2.12 bits per heavy atom. The number of aldehydes is 2. The molecule has 0 bridgehead atoms. The van der Waals surface area contributed by atoms with Gasteiger partial charge in [-0.2, -0.15) is 8.78 Å². The second-order valence-corrected chi connectivity index (χ2v) is 2.93. The van der Waals surface area contributed by atoms with Crippen LogP contribution in [-0.4, -0.2) is 19.2 Å². The molecule has 0 saturated heterocycles. The molecule has 0 aliphatic rings. The fourth-order valence-corrected chi connectivity index (χ4v) is 1.26. The molecule has 92 valence electrons. The molecule has 0 saturated carbocycles. The number of alkyl halides is 4. The second-order valence-electron chi connectivity index (χ2n) is 2.93. The van der Waals surface area contributed by atoms with Crippen molar-refractivity contribution < 1.29 is 31.9 Å². The molecule has 7 heteroatoms. The summed E-state index contributed by atoms with van der Waals surface area (Å²) in [5.41, 5.74) is -1.77. The van der Waals surface area contributed by atoms with Gasteiger partial charge in [-0.05, 0) is 12.1 Å². The first kappa shape index (κ1) is 13.1. The van der Waals surface area contributed by atoms with Crippen molar-refractivity contribution >= 4 is 12.6 Å². The molecule has 0 aromatic heterocycles. The molecule has 0 heterocycles. The van der Waals surface area contributed by atoms with Crippen molar-refractivity contribution in [2.75, 3.05) is 0 Å². The van der Waals surface area contributed by atoms with Crippen LogP contribution in [0.3, 0.4) is 0 Å². The fraction of sp³-hybridized carbons (Fsp3) is 0.200. The van der Waals surface area contributed by atoms with Crippen LogP contribution in [0.25, 0.3) is 0 Å². The van der Waals surface area contributed by atoms with Crippen molar-refractivity contribution in [3.05, 3.63) is 28.8 Å². The number of carbonyl (C=O) groups is 2. The highest BCUT2D eigenvalue weighted by Gasteiger charge is 2.19. The van der Waals surface area contributed by atoms with Gasteiger partial charge < -0.3 is 4.74 Å². The minimum absolute atomic E-state index is 0.0668. The number of ether oxygens (including phenoxy) is 1. The minimum atomic E-state index is -3.21. The maximum Gasteiger partial charge on any atom is 0.387 e. The first-order chi connectivity index (χ1) is 7.99. The number of hydrogen-bond donors (Lipinski definition) is 0. The van der Waals surface area contributed by atoms with E-state index in [4.69, 9.17) is 0 Å². The van der Waals surface area contributed by atoms with E-state index in [1.807, 2.05) is 0 Å². The summed E-state index contributed by atoms with van der Waals surface area (Å²) in [6.07, 6.45) is -2.89. The predicted molar refractivity (Wildman–Crippen MR) is 48.8 cm³/mol. The lowest BCUT2D eigenvalue weighted by molar-refractivity contribution is -0.0500. The van der Waals surface area contributed by atoms with Gasteiger partial charge >= 0.3 is 6.61 Å². The third-order valence-corrected chi connectivity index (χ3v) is 1.92. The second kappa shape index (κ2) is 5.42. The highest BCUT2D eigenvalue weighted by molar-refractivity contribution is 5.92. The SMILES string of the molecule is O=Cc1cc(OC(F)F)cc(C(F)F)c1C=O. The van der Waals surface area contributed by atoms with Crippen LogP contribution in [0.2, 0.25) is 0 Å². The van der Waals surface area contributed by atoms with E-state index in [1.165, 1.54) is 0 Å². The Morgan fingerprint density at radius 1 is 1.06 bits per heavy atom. The van der Waals surface area contributed by atoms with Gasteiger partial charge in [-0.15, -0.1) is 0 Å². The Hall–Kier alpha value is -1.92. The topological polar surface area (TPSA) is 43.4 Å². The standard InChI is InChI=1S/C10H6F4O3/c11-9(12)7-2-6(17-10(13)14)1-5(3-15)8(7)4-16/h1-4,9-10H. The number of hydrogen-bond acceptors (Lipinski definition) is 3. The molecular weight excluding hydrogens is 244 g/mol. The number of halogens is 4. The zero-order valence-electron chi connectivity index (χ0n) is 8.20. The Kier molecular flexibility index (Phi) is 4.19. The molecule has 1 aromatic carbocycles. The summed E-state index contributed by atoms with van der Waals surface area (Å²) in [6.45, 7) is -3.21. The molecule has 0 N–H and O–H groups in total. The van der Waals surface area contributed by atoms with E-state index in [1.54, 1.807) is 0 Å². The average molecular weight is 250 g/mol. The van der Waals surface area contributed by atoms with Gasteiger partial charge in [0.2, 0.25) is 0 Å². The molecule has 0 amide bonds. The third-order valence-electron chi connectivity index (χ3n) is 1.92. The summed E-state index contributed by atoms with van der Waals surface area (Å²) in [6, 6.07) is 1.41. The third kappa shape index (κ3) is 3.02. The van der Waals surface area contributed by atoms with Gasteiger partial charge in [0.15, 0.2) is 12.6 Å². The fourth-order valence-electron chi connectivity index (χ4n) is 1.26. The Balaban J connectivity index is 3.34. The summed E-state index contributed by atoms with van der Waals surface area (Å²) in [4.78, 5) is 21.1. The van der Waals surface area contributed by atoms with Crippen LogP contribution < -0.4 is 4.74 Å². The Morgan fingerprint density at radius 2 is 1.71 bits per heavy atom. The van der Waals surface area contributed by atoms with E-state index in [0.29, 0.717) is 6.07 Å². The van der Waals surface area contributed by atoms with E-state index in [9.17, 15) is 27.2 Å². The lowest BCUT2D eigenvalue weighted by Crippen LogP contribution is -2.06. The maximum atomic E-state index is 12.5. The highest BCUT2D eigenvalue weighted by Crippen LogP contribution is 2.29. The van der Waals surface area contributed by atoms with Gasteiger partial charge in [0.05, 0.1) is 0 Å². The van der Waals surface area contributed by atoms with Crippen LogP contribution in [0.15, 0.2) is 12.1 Å². The molecule has 0 unspecified atom stereocenters. The summed E-state index contributed by atoms with van der Waals surface area (Å²) >= 11 is 0. The van der Waals surface area contributed by atoms with Crippen molar-refractivity contribution in [1.29, 1.82) is 0 Å². The molecule has 3 nitrogen and oxygen atoms in total. The van der Waals surface area contributed by atoms with Gasteiger partial charge in [-0.3, -0.25) is 9.59 Å². The van der Waals surface area contributed by atoms with Crippen LogP contribution in [0.1, 0.15) is 32.7 Å². The first-order valence-corrected chi connectivity index (χ1v) is 4.30. The molecule has 0 aliphatic heterocycles. The number of rotatable bonds is 5. The van der Waals surface area contributed by atoms with E-state index >= 15 is 0 Å². The summed E-state index contributed by atoms with van der Waals surface area (Å²) in [5.74, 6) is -0.594. The molecular formula is C10H6F4O3. The quantitative estimate of drug-likeness (QED) is 0.596. The molecule has 0 atom stereocenters. The van der Waals surface area contributed by atoms with Gasteiger partial charge in [-0.1, -0.05) is 0 Å². The molecule has 0 fully saturated rings. The number of benzene rings is 1. The van der Waals surface area contributed by atoms with Gasteiger partial charge in [0.1, 0.15) is 5.75 Å². The molecule has 0 aliphatic carbocycles. The minimum Gasteiger partial charge on any atom is -0.435 e. The van der Waals surface area contributed by atoms with Crippen molar-refractivity contribution in [1.82, 2.24) is 0 Å². The van der Waals surface area contributed by atoms with Gasteiger partial charge in [0, 0.05) is 16.7 Å². The Bertz CT molecular complexity index is 432. The van der Waals surface area contributed by atoms with Crippen molar-refractivity contribution in [3.8, 4) is 5.75 Å². The van der Waals surface area contributed by atoms with E-state index in [-0.39, 0.29) is 12.6 Å². The van der Waals surface area contributed by atoms with Gasteiger partial charge in [0.25, 0.3) is 6.43 Å². The summed E-state index contributed by atoms with van der Waals surface area (Å²) in [7, 11) is 0. The predicted octanol–water partition coefficient (Wildman–Crippen LogP) is 2.85. The number of carbonyl (C=O) groups excluding carboxylic acids is 2. The van der Waals surface area contributed by atoms with Crippen LogP contribution in [0.4, 0.5) is 17.6 Å². The molecule has 1 aromatic rings. The summed E-state index contributed by atoms with van der Waals surface area (Å²) < 4.78 is 52.8. The zero-order chi connectivity index (χ0) is 13.0. The van der Waals surface area contributed by atoms with Crippen LogP contribution >= 0.6 is 0 Å². The zero-order valence-corrected chi connectivity index (χ0v) is 8.20. The maximum absolute atomic E-state index is 12.5. The largest absolute Gasteiger partial charge is 0.435 e. The average Bonchev–Trinajstić information content (AvgIpc) is 2.26. The van der Waals surface area contributed by atoms with E-state index < -0.39 is 35.5 Å². The molecule has 0 spiro atoms. The van der Waals surface area contributed by atoms with Crippen LogP contribution in [0.5, 0.6) is 5.75 Å². The van der Waals surface area contributed by atoms with Crippen molar-refractivity contribution in [2.45, 2.75) is 13.0 Å². The molecule has 17 heavy (non-hydrogen) atoms. The van der Waals surface area contributed by atoms with Crippen LogP contribution in [-0.2, 0) is 0 Å². The smallest absolute Gasteiger partial charge is 0.387 e. The first-order valence-electron chi connectivity index (χ1n) is 4.30. The van der Waals surface area contributed by atoms with E-state index in [2.05, 4.69) is 4.74 Å².